The summed E-state index contributed by atoms with van der Waals surface area (Å²) in [6, 6.07) is 11.3. The minimum Gasteiger partial charge on any atom is -0.462 e. The van der Waals surface area contributed by atoms with E-state index in [9.17, 15) is 4.79 Å². The Morgan fingerprint density at radius 3 is 2.69 bits per heavy atom. The number of nitrogens with zero attached hydrogens (tertiary/aromatic N) is 1. The number of hydrogen-bond acceptors (Lipinski definition) is 5. The van der Waals surface area contributed by atoms with Gasteiger partial charge >= 0.3 is 5.97 Å². The van der Waals surface area contributed by atoms with Crippen molar-refractivity contribution in [1.29, 1.82) is 0 Å². The highest BCUT2D eigenvalue weighted by Crippen LogP contribution is 2.62. The SMILES string of the molecule is C[C@]12CCC[C@]3(CO3)[C@@H]1C[C@@H]1[C@@H](C2)OC(=O)[C@@H]1CNC1CCN(Cc2ccccc2)CC1. The van der Waals surface area contributed by atoms with Crippen molar-refractivity contribution in [2.24, 2.45) is 23.2 Å². The number of piperidine rings is 1. The lowest BCUT2D eigenvalue weighted by Crippen LogP contribution is -2.51. The Hall–Kier alpha value is -1.43. The Kier molecular flexibility index (Phi) is 5.35. The lowest BCUT2D eigenvalue weighted by atomic mass is 9.53. The van der Waals surface area contributed by atoms with Crippen molar-refractivity contribution in [1.82, 2.24) is 10.2 Å². The second kappa shape index (κ2) is 8.11. The fourth-order valence-electron chi connectivity index (χ4n) is 7.62. The van der Waals surface area contributed by atoms with Crippen molar-refractivity contribution in [2.45, 2.75) is 76.2 Å². The van der Waals surface area contributed by atoms with Gasteiger partial charge in [-0.05, 0) is 74.9 Å². The number of likely N-dealkylation sites (tertiary alicyclic amines) is 1. The van der Waals surface area contributed by atoms with Crippen LogP contribution in [-0.2, 0) is 20.8 Å². The molecule has 0 bridgehead atoms. The zero-order valence-electron chi connectivity index (χ0n) is 19.4. The van der Waals surface area contributed by atoms with Crippen LogP contribution in [0.25, 0.3) is 0 Å². The van der Waals surface area contributed by atoms with E-state index in [0.29, 0.717) is 17.9 Å². The van der Waals surface area contributed by atoms with Gasteiger partial charge in [0.15, 0.2) is 0 Å². The molecule has 5 fully saturated rings. The maximum absolute atomic E-state index is 12.9. The van der Waals surface area contributed by atoms with Gasteiger partial charge in [0.1, 0.15) is 6.10 Å². The number of nitrogens with one attached hydrogen (secondary N) is 1. The van der Waals surface area contributed by atoms with Gasteiger partial charge in [-0.15, -0.1) is 0 Å². The molecule has 0 radical (unpaired) electrons. The van der Waals surface area contributed by atoms with Crippen LogP contribution in [-0.4, -0.2) is 54.9 Å². The molecule has 6 rings (SSSR count). The molecule has 5 heteroatoms. The van der Waals surface area contributed by atoms with Crippen molar-refractivity contribution >= 4 is 5.97 Å². The summed E-state index contributed by atoms with van der Waals surface area (Å²) in [5.74, 6) is 1.03. The fraction of sp³-hybridized carbons (Fsp3) is 0.741. The van der Waals surface area contributed by atoms with Crippen LogP contribution in [0.4, 0.5) is 0 Å². The third kappa shape index (κ3) is 3.80. The highest BCUT2D eigenvalue weighted by atomic mass is 16.6. The normalized spacial score (nSPS) is 41.8. The molecule has 3 saturated heterocycles. The monoisotopic (exact) mass is 438 g/mol. The van der Waals surface area contributed by atoms with E-state index in [-0.39, 0.29) is 29.0 Å². The van der Waals surface area contributed by atoms with Gasteiger partial charge in [0.05, 0.1) is 18.1 Å². The predicted octanol–water partition coefficient (Wildman–Crippen LogP) is 3.77. The molecule has 5 nitrogen and oxygen atoms in total. The fourth-order valence-corrected chi connectivity index (χ4v) is 7.62. The first-order valence-corrected chi connectivity index (χ1v) is 12.9. The van der Waals surface area contributed by atoms with Gasteiger partial charge < -0.3 is 14.8 Å². The van der Waals surface area contributed by atoms with Crippen LogP contribution in [0.2, 0.25) is 0 Å². The van der Waals surface area contributed by atoms with Crippen LogP contribution >= 0.6 is 0 Å². The predicted molar refractivity (Wildman–Crippen MR) is 123 cm³/mol. The zero-order chi connectivity index (χ0) is 21.8. The molecule has 1 spiro atoms. The number of carbonyl (C=O) groups excluding carboxylic acids is 1. The molecule has 0 amide bonds. The molecule has 5 aliphatic rings. The Morgan fingerprint density at radius 2 is 1.94 bits per heavy atom. The number of carbonyl (C=O) groups is 1. The van der Waals surface area contributed by atoms with E-state index in [2.05, 4.69) is 47.5 Å². The van der Waals surface area contributed by atoms with E-state index in [0.717, 1.165) is 58.5 Å². The lowest BCUT2D eigenvalue weighted by Gasteiger charge is -2.51. The molecule has 0 aromatic heterocycles. The summed E-state index contributed by atoms with van der Waals surface area (Å²) in [4.78, 5) is 15.4. The Morgan fingerprint density at radius 1 is 1.16 bits per heavy atom. The van der Waals surface area contributed by atoms with Crippen LogP contribution < -0.4 is 5.32 Å². The van der Waals surface area contributed by atoms with E-state index >= 15 is 0 Å². The van der Waals surface area contributed by atoms with Crippen LogP contribution in [0.5, 0.6) is 0 Å². The first kappa shape index (κ1) is 21.1. The quantitative estimate of drug-likeness (QED) is 0.560. The summed E-state index contributed by atoms with van der Waals surface area (Å²) in [7, 11) is 0. The first-order chi connectivity index (χ1) is 15.5. The first-order valence-electron chi connectivity index (χ1n) is 12.9. The number of ether oxygens (including phenoxy) is 2. The van der Waals surface area contributed by atoms with Crippen LogP contribution in [0.15, 0.2) is 30.3 Å². The van der Waals surface area contributed by atoms with Gasteiger partial charge in [-0.25, -0.2) is 0 Å². The topological polar surface area (TPSA) is 54.1 Å². The summed E-state index contributed by atoms with van der Waals surface area (Å²) in [6.45, 7) is 7.42. The lowest BCUT2D eigenvalue weighted by molar-refractivity contribution is -0.147. The number of benzene rings is 1. The van der Waals surface area contributed by atoms with E-state index in [4.69, 9.17) is 9.47 Å². The smallest absolute Gasteiger partial charge is 0.310 e. The second-order valence-electron chi connectivity index (χ2n) is 11.5. The van der Waals surface area contributed by atoms with Crippen molar-refractivity contribution < 1.29 is 14.3 Å². The van der Waals surface area contributed by atoms with Gasteiger partial charge in [0.25, 0.3) is 0 Å². The summed E-state index contributed by atoms with van der Waals surface area (Å²) in [5, 5.41) is 3.77. The molecule has 174 valence electrons. The van der Waals surface area contributed by atoms with Gasteiger partial charge in [-0.3, -0.25) is 9.69 Å². The third-order valence-corrected chi connectivity index (χ3v) is 9.54. The minimum absolute atomic E-state index is 0.0182. The summed E-state index contributed by atoms with van der Waals surface area (Å²) < 4.78 is 12.0. The van der Waals surface area contributed by atoms with Crippen molar-refractivity contribution in [3.05, 3.63) is 35.9 Å². The van der Waals surface area contributed by atoms with Gasteiger partial charge in [-0.2, -0.15) is 0 Å². The molecular weight excluding hydrogens is 400 g/mol. The number of fused-ring (bicyclic) bond motifs is 3. The third-order valence-electron chi connectivity index (χ3n) is 9.54. The van der Waals surface area contributed by atoms with Crippen molar-refractivity contribution in [3.8, 4) is 0 Å². The van der Waals surface area contributed by atoms with Gasteiger partial charge in [0.2, 0.25) is 0 Å². The molecule has 32 heavy (non-hydrogen) atoms. The van der Waals surface area contributed by atoms with E-state index < -0.39 is 0 Å². The van der Waals surface area contributed by atoms with Crippen LogP contribution in [0.1, 0.15) is 57.4 Å². The van der Waals surface area contributed by atoms with Crippen LogP contribution in [0, 0.1) is 23.2 Å². The molecule has 2 saturated carbocycles. The molecule has 3 heterocycles. The Bertz CT molecular complexity index is 833. The largest absolute Gasteiger partial charge is 0.462 e. The molecular formula is C27H38N2O3. The highest BCUT2D eigenvalue weighted by Gasteiger charge is 2.65. The van der Waals surface area contributed by atoms with Gasteiger partial charge in [-0.1, -0.05) is 37.3 Å². The highest BCUT2D eigenvalue weighted by molar-refractivity contribution is 5.75. The average molecular weight is 439 g/mol. The minimum atomic E-state index is 0.0182. The Labute approximate surface area is 192 Å². The van der Waals surface area contributed by atoms with Crippen molar-refractivity contribution in [3.63, 3.8) is 0 Å². The molecule has 1 aromatic rings. The maximum atomic E-state index is 12.9. The van der Waals surface area contributed by atoms with Crippen molar-refractivity contribution in [2.75, 3.05) is 26.2 Å². The molecule has 0 unspecified atom stereocenters. The van der Waals surface area contributed by atoms with E-state index in [1.807, 2.05) is 0 Å². The molecule has 1 N–H and O–H groups in total. The Balaban J connectivity index is 1.04. The molecule has 3 aliphatic heterocycles. The van der Waals surface area contributed by atoms with Crippen LogP contribution in [0.3, 0.4) is 0 Å². The molecule has 1 aromatic carbocycles. The standard InChI is InChI=1S/C27H38N2O3/c1-26-10-5-11-27(18-31-27)24(26)14-21-22(25(30)32-23(21)15-26)16-28-20-8-12-29(13-9-20)17-19-6-3-2-4-7-19/h2-4,6-7,20-24,28H,5,8-18H2,1H3/t21-,22+,23+,24+,26+,27-/m0/s1. The average Bonchev–Trinajstić information content (AvgIpc) is 3.49. The molecule has 6 atom stereocenters. The number of esters is 1. The zero-order valence-corrected chi connectivity index (χ0v) is 19.4. The summed E-state index contributed by atoms with van der Waals surface area (Å²) in [5.41, 5.74) is 1.81. The maximum Gasteiger partial charge on any atom is 0.310 e. The van der Waals surface area contributed by atoms with Gasteiger partial charge in [0, 0.05) is 25.0 Å². The van der Waals surface area contributed by atoms with E-state index in [1.165, 1.54) is 24.8 Å². The second-order valence-corrected chi connectivity index (χ2v) is 11.5. The molecule has 2 aliphatic carbocycles. The summed E-state index contributed by atoms with van der Waals surface area (Å²) >= 11 is 0. The number of epoxide rings is 1. The number of rotatable bonds is 5. The summed E-state index contributed by atoms with van der Waals surface area (Å²) in [6.07, 6.45) is 8.30. The van der Waals surface area contributed by atoms with E-state index in [1.54, 1.807) is 0 Å². The number of hydrogen-bond donors (Lipinski definition) is 1.